The summed E-state index contributed by atoms with van der Waals surface area (Å²) in [5, 5.41) is 5.75. The number of imide groups is 1. The molecule has 0 radical (unpaired) electrons. The molecule has 1 aromatic carbocycles. The summed E-state index contributed by atoms with van der Waals surface area (Å²) in [5.41, 5.74) is 1.97. The number of carbonyl (C=O) groups is 4. The van der Waals surface area contributed by atoms with E-state index in [1.54, 1.807) is 18.2 Å². The van der Waals surface area contributed by atoms with Crippen molar-refractivity contribution < 1.29 is 19.2 Å². The molecule has 2 unspecified atom stereocenters. The first-order chi connectivity index (χ1) is 13.5. The zero-order valence-electron chi connectivity index (χ0n) is 15.5. The van der Waals surface area contributed by atoms with E-state index in [9.17, 15) is 19.2 Å². The van der Waals surface area contributed by atoms with E-state index in [-0.39, 0.29) is 36.2 Å². The number of rotatable bonds is 2. The molecular formula is C20H22N4O4. The van der Waals surface area contributed by atoms with E-state index in [0.717, 1.165) is 38.0 Å². The lowest BCUT2D eigenvalue weighted by Crippen LogP contribution is -2.58. The van der Waals surface area contributed by atoms with Gasteiger partial charge in [0, 0.05) is 42.7 Å². The molecule has 4 amide bonds. The topological polar surface area (TPSA) is 98.8 Å². The van der Waals surface area contributed by atoms with Gasteiger partial charge in [0.1, 0.15) is 6.04 Å². The monoisotopic (exact) mass is 382 g/mol. The van der Waals surface area contributed by atoms with Gasteiger partial charge in [0.25, 0.3) is 11.8 Å². The molecule has 0 bridgehead atoms. The largest absolute Gasteiger partial charge is 0.337 e. The van der Waals surface area contributed by atoms with Crippen molar-refractivity contribution in [3.8, 4) is 0 Å². The quantitative estimate of drug-likeness (QED) is 0.703. The van der Waals surface area contributed by atoms with Crippen LogP contribution in [0.2, 0.25) is 0 Å². The Morgan fingerprint density at radius 3 is 2.68 bits per heavy atom. The molecule has 0 saturated carbocycles. The van der Waals surface area contributed by atoms with E-state index in [4.69, 9.17) is 0 Å². The fourth-order valence-corrected chi connectivity index (χ4v) is 4.76. The Hall–Kier alpha value is -2.74. The molecule has 0 aliphatic carbocycles. The second-order valence-corrected chi connectivity index (χ2v) is 8.21. The molecule has 4 aliphatic rings. The zero-order valence-corrected chi connectivity index (χ0v) is 15.5. The molecule has 2 N–H and O–H groups in total. The van der Waals surface area contributed by atoms with Crippen molar-refractivity contribution in [2.45, 2.75) is 43.8 Å². The number of likely N-dealkylation sites (tertiary alicyclic amines) is 1. The van der Waals surface area contributed by atoms with Crippen LogP contribution in [-0.2, 0) is 16.1 Å². The van der Waals surface area contributed by atoms with Crippen LogP contribution >= 0.6 is 0 Å². The summed E-state index contributed by atoms with van der Waals surface area (Å²) in [6, 6.07) is 4.52. The lowest BCUT2D eigenvalue weighted by Gasteiger charge is -2.39. The van der Waals surface area contributed by atoms with Crippen molar-refractivity contribution >= 4 is 23.6 Å². The van der Waals surface area contributed by atoms with Gasteiger partial charge in [0.2, 0.25) is 11.8 Å². The van der Waals surface area contributed by atoms with Crippen LogP contribution in [0.1, 0.15) is 52.0 Å². The SMILES string of the molecule is O=C1CCC(N2Cc3cc(C(=O)N4CCC5(CCN5)C4)ccc3C2=O)C(=O)N1. The predicted octanol–water partition coefficient (Wildman–Crippen LogP) is 0.0256. The van der Waals surface area contributed by atoms with Gasteiger partial charge in [-0.2, -0.15) is 0 Å². The summed E-state index contributed by atoms with van der Waals surface area (Å²) in [4.78, 5) is 52.6. The maximum absolute atomic E-state index is 12.9. The Balaban J connectivity index is 1.34. The van der Waals surface area contributed by atoms with Crippen molar-refractivity contribution in [1.29, 1.82) is 0 Å². The molecule has 3 saturated heterocycles. The van der Waals surface area contributed by atoms with Crippen molar-refractivity contribution in [2.75, 3.05) is 19.6 Å². The van der Waals surface area contributed by atoms with Gasteiger partial charge < -0.3 is 15.1 Å². The number of hydrogen-bond acceptors (Lipinski definition) is 5. The molecule has 2 atom stereocenters. The number of nitrogens with zero attached hydrogens (tertiary/aromatic N) is 2. The molecule has 0 aromatic heterocycles. The minimum absolute atomic E-state index is 0.0136. The summed E-state index contributed by atoms with van der Waals surface area (Å²) in [6.07, 6.45) is 2.64. The normalized spacial score (nSPS) is 29.1. The van der Waals surface area contributed by atoms with Gasteiger partial charge in [-0.25, -0.2) is 0 Å². The van der Waals surface area contributed by atoms with Gasteiger partial charge in [-0.15, -0.1) is 0 Å². The fraction of sp³-hybridized carbons (Fsp3) is 0.500. The first-order valence-electron chi connectivity index (χ1n) is 9.78. The summed E-state index contributed by atoms with van der Waals surface area (Å²) >= 11 is 0. The van der Waals surface area contributed by atoms with Gasteiger partial charge in [0.05, 0.1) is 0 Å². The minimum atomic E-state index is -0.639. The molecule has 1 spiro atoms. The highest BCUT2D eigenvalue weighted by molar-refractivity contribution is 6.06. The van der Waals surface area contributed by atoms with Crippen molar-refractivity contribution in [1.82, 2.24) is 20.4 Å². The standard InChI is InChI=1S/C20H22N4O4/c25-16-4-3-15(17(26)22-16)24-10-13-9-12(1-2-14(13)19(24)28)18(27)23-8-6-20(11-23)5-7-21-20/h1-2,9,15,21H,3-8,10-11H2,(H,22,25,26). The predicted molar refractivity (Wildman–Crippen MR) is 98.4 cm³/mol. The number of amides is 4. The summed E-state index contributed by atoms with van der Waals surface area (Å²) in [5.74, 6) is -0.964. The van der Waals surface area contributed by atoms with Gasteiger partial charge in [0.15, 0.2) is 0 Å². The minimum Gasteiger partial charge on any atom is -0.337 e. The number of benzene rings is 1. The van der Waals surface area contributed by atoms with Crippen LogP contribution in [0.5, 0.6) is 0 Å². The zero-order chi connectivity index (χ0) is 19.5. The van der Waals surface area contributed by atoms with Gasteiger partial charge in [-0.05, 0) is 49.6 Å². The van der Waals surface area contributed by atoms with E-state index in [2.05, 4.69) is 10.6 Å². The van der Waals surface area contributed by atoms with Crippen LogP contribution in [0.4, 0.5) is 0 Å². The summed E-state index contributed by atoms with van der Waals surface area (Å²) < 4.78 is 0. The van der Waals surface area contributed by atoms with E-state index >= 15 is 0 Å². The van der Waals surface area contributed by atoms with Crippen LogP contribution in [-0.4, -0.2) is 64.6 Å². The second-order valence-electron chi connectivity index (χ2n) is 8.21. The average molecular weight is 382 g/mol. The molecule has 4 aliphatic heterocycles. The van der Waals surface area contributed by atoms with E-state index in [0.29, 0.717) is 17.5 Å². The molecule has 4 heterocycles. The lowest BCUT2D eigenvalue weighted by atomic mass is 9.87. The molecule has 5 rings (SSSR count). The highest BCUT2D eigenvalue weighted by atomic mass is 16.2. The second kappa shape index (κ2) is 6.13. The van der Waals surface area contributed by atoms with Crippen LogP contribution in [0.3, 0.4) is 0 Å². The third kappa shape index (κ3) is 2.63. The molecule has 146 valence electrons. The fourth-order valence-electron chi connectivity index (χ4n) is 4.76. The van der Waals surface area contributed by atoms with Crippen molar-refractivity contribution in [3.63, 3.8) is 0 Å². The third-order valence-corrected chi connectivity index (χ3v) is 6.52. The average Bonchev–Trinajstić information content (AvgIpc) is 3.24. The van der Waals surface area contributed by atoms with Crippen LogP contribution in [0, 0.1) is 0 Å². The number of fused-ring (bicyclic) bond motifs is 1. The maximum Gasteiger partial charge on any atom is 0.255 e. The number of hydrogen-bond donors (Lipinski definition) is 2. The maximum atomic E-state index is 12.9. The van der Waals surface area contributed by atoms with Crippen LogP contribution < -0.4 is 10.6 Å². The van der Waals surface area contributed by atoms with E-state index in [1.165, 1.54) is 4.90 Å². The van der Waals surface area contributed by atoms with Gasteiger partial charge in [-0.1, -0.05) is 0 Å². The van der Waals surface area contributed by atoms with Crippen molar-refractivity contribution in [2.24, 2.45) is 0 Å². The van der Waals surface area contributed by atoms with E-state index < -0.39 is 11.9 Å². The first kappa shape index (κ1) is 17.4. The molecular weight excluding hydrogens is 360 g/mol. The van der Waals surface area contributed by atoms with E-state index in [1.807, 2.05) is 4.90 Å². The Morgan fingerprint density at radius 2 is 2.00 bits per heavy atom. The Kier molecular flexibility index (Phi) is 3.80. The number of piperidine rings is 1. The molecule has 1 aromatic rings. The van der Waals surface area contributed by atoms with Crippen molar-refractivity contribution in [3.05, 3.63) is 34.9 Å². The number of nitrogens with one attached hydrogen (secondary N) is 2. The van der Waals surface area contributed by atoms with Gasteiger partial charge >= 0.3 is 0 Å². The van der Waals surface area contributed by atoms with Crippen LogP contribution in [0.25, 0.3) is 0 Å². The van der Waals surface area contributed by atoms with Gasteiger partial charge in [-0.3, -0.25) is 24.5 Å². The molecule has 28 heavy (non-hydrogen) atoms. The Labute approximate surface area is 162 Å². The summed E-state index contributed by atoms with van der Waals surface area (Å²) in [6.45, 7) is 2.76. The Morgan fingerprint density at radius 1 is 1.18 bits per heavy atom. The molecule has 8 nitrogen and oxygen atoms in total. The highest BCUT2D eigenvalue weighted by Crippen LogP contribution is 2.32. The molecule has 3 fully saturated rings. The summed E-state index contributed by atoms with van der Waals surface area (Å²) in [7, 11) is 0. The highest BCUT2D eigenvalue weighted by Gasteiger charge is 2.44. The third-order valence-electron chi connectivity index (χ3n) is 6.52. The Bertz CT molecular complexity index is 907. The molecule has 8 heteroatoms. The lowest BCUT2D eigenvalue weighted by molar-refractivity contribution is -0.136. The smallest absolute Gasteiger partial charge is 0.255 e. The van der Waals surface area contributed by atoms with Crippen LogP contribution in [0.15, 0.2) is 18.2 Å². The first-order valence-corrected chi connectivity index (χ1v) is 9.78. The number of carbonyl (C=O) groups excluding carboxylic acids is 4.